The second-order valence-electron chi connectivity index (χ2n) is 6.53. The number of nitro benzene ring substituents is 1. The lowest BCUT2D eigenvalue weighted by Crippen LogP contribution is -2.29. The lowest BCUT2D eigenvalue weighted by Gasteiger charge is -2.37. The molecule has 122 valence electrons. The van der Waals surface area contributed by atoms with Gasteiger partial charge in [0.2, 0.25) is 0 Å². The highest BCUT2D eigenvalue weighted by Crippen LogP contribution is 2.52. The van der Waals surface area contributed by atoms with Crippen LogP contribution in [-0.2, 0) is 0 Å². The molecule has 1 aliphatic heterocycles. The van der Waals surface area contributed by atoms with Gasteiger partial charge in [-0.25, -0.2) is 0 Å². The molecule has 1 heterocycles. The minimum Gasteiger partial charge on any atom is -0.372 e. The highest BCUT2D eigenvalue weighted by Gasteiger charge is 2.40. The average Bonchev–Trinajstić information content (AvgIpc) is 3.04. The first kappa shape index (κ1) is 15.2. The second kappa shape index (κ2) is 5.64. The third kappa shape index (κ3) is 2.38. The number of fused-ring (bicyclic) bond motifs is 3. The van der Waals surface area contributed by atoms with E-state index in [4.69, 9.17) is 11.6 Å². The summed E-state index contributed by atoms with van der Waals surface area (Å²) in [5.41, 5.74) is 3.94. The fourth-order valence-corrected chi connectivity index (χ4v) is 4.11. The zero-order valence-electron chi connectivity index (χ0n) is 13.2. The van der Waals surface area contributed by atoms with E-state index in [2.05, 4.69) is 48.7 Å². The monoisotopic (exact) mass is 340 g/mol. The van der Waals surface area contributed by atoms with Gasteiger partial charge in [-0.3, -0.25) is 10.1 Å². The van der Waals surface area contributed by atoms with Gasteiger partial charge >= 0.3 is 0 Å². The molecule has 2 aromatic carbocycles. The van der Waals surface area contributed by atoms with Crippen molar-refractivity contribution in [1.29, 1.82) is 0 Å². The van der Waals surface area contributed by atoms with Crippen LogP contribution in [0.4, 0.5) is 11.4 Å². The first-order valence-corrected chi connectivity index (χ1v) is 8.40. The second-order valence-corrected chi connectivity index (χ2v) is 6.97. The largest absolute Gasteiger partial charge is 0.372 e. The van der Waals surface area contributed by atoms with E-state index in [0.29, 0.717) is 16.6 Å². The van der Waals surface area contributed by atoms with Gasteiger partial charge in [-0.05, 0) is 36.5 Å². The van der Waals surface area contributed by atoms with Gasteiger partial charge in [-0.1, -0.05) is 53.6 Å². The molecule has 0 radical (unpaired) electrons. The molecule has 5 heteroatoms. The molecule has 0 saturated carbocycles. The lowest BCUT2D eigenvalue weighted by atomic mass is 9.76. The quantitative estimate of drug-likeness (QED) is 0.453. The molecule has 2 aromatic rings. The number of halogens is 1. The predicted octanol–water partition coefficient (Wildman–Crippen LogP) is 5.38. The van der Waals surface area contributed by atoms with Crippen molar-refractivity contribution in [2.24, 2.45) is 5.92 Å². The van der Waals surface area contributed by atoms with Crippen LogP contribution in [0.15, 0.2) is 48.6 Å². The minimum atomic E-state index is -0.358. The zero-order valence-corrected chi connectivity index (χ0v) is 14.0. The molecule has 2 aliphatic rings. The summed E-state index contributed by atoms with van der Waals surface area (Å²) in [6.45, 7) is 2.06. The predicted molar refractivity (Wildman–Crippen MR) is 95.6 cm³/mol. The number of nitrogens with one attached hydrogen (secondary N) is 1. The van der Waals surface area contributed by atoms with Crippen LogP contribution in [0.1, 0.15) is 35.1 Å². The van der Waals surface area contributed by atoms with Crippen LogP contribution in [-0.4, -0.2) is 4.92 Å². The van der Waals surface area contributed by atoms with Crippen molar-refractivity contribution in [2.45, 2.75) is 25.3 Å². The Balaban J connectivity index is 1.86. The first-order valence-electron chi connectivity index (χ1n) is 8.02. The Labute approximate surface area is 145 Å². The number of allylic oxidation sites excluding steroid dienone is 2. The molecular weight excluding hydrogens is 324 g/mol. The van der Waals surface area contributed by atoms with Crippen LogP contribution in [0.5, 0.6) is 0 Å². The maximum absolute atomic E-state index is 11.5. The van der Waals surface area contributed by atoms with Gasteiger partial charge < -0.3 is 5.32 Å². The van der Waals surface area contributed by atoms with Crippen molar-refractivity contribution in [1.82, 2.24) is 0 Å². The molecule has 0 aromatic heterocycles. The number of nitrogens with zero attached hydrogens (tertiary/aromatic N) is 1. The van der Waals surface area contributed by atoms with Gasteiger partial charge in [0, 0.05) is 17.0 Å². The summed E-state index contributed by atoms with van der Waals surface area (Å²) >= 11 is 6.13. The summed E-state index contributed by atoms with van der Waals surface area (Å²) in [6, 6.07) is 11.7. The van der Waals surface area contributed by atoms with Crippen LogP contribution in [0, 0.1) is 23.0 Å². The van der Waals surface area contributed by atoms with E-state index in [1.165, 1.54) is 11.6 Å². The molecule has 24 heavy (non-hydrogen) atoms. The van der Waals surface area contributed by atoms with Gasteiger partial charge in [0.15, 0.2) is 0 Å². The normalized spacial score (nSPS) is 24.2. The Morgan fingerprint density at radius 3 is 2.71 bits per heavy atom. The van der Waals surface area contributed by atoms with Crippen molar-refractivity contribution in [3.63, 3.8) is 0 Å². The third-order valence-electron chi connectivity index (χ3n) is 5.05. The molecule has 4 rings (SSSR count). The molecule has 0 saturated heterocycles. The molecule has 4 nitrogen and oxygen atoms in total. The van der Waals surface area contributed by atoms with Gasteiger partial charge in [0.25, 0.3) is 5.69 Å². The summed E-state index contributed by atoms with van der Waals surface area (Å²) in [4.78, 5) is 11.1. The van der Waals surface area contributed by atoms with Crippen molar-refractivity contribution in [3.05, 3.63) is 80.4 Å². The number of benzene rings is 2. The number of hydrogen-bond acceptors (Lipinski definition) is 3. The Bertz CT molecular complexity index is 845. The minimum absolute atomic E-state index is 0.0494. The Morgan fingerprint density at radius 2 is 2.00 bits per heavy atom. The standard InChI is InChI=1S/C19H17ClN2O2/c1-11-5-7-12(8-6-11)18-15-4-2-3-14(15)16-9-13(20)10-17(22(23)24)19(16)21-18/h2-3,5-10,14-15,18,21H,4H2,1H3. The summed E-state index contributed by atoms with van der Waals surface area (Å²) in [6.07, 6.45) is 5.28. The SMILES string of the molecule is Cc1ccc(C2Nc3c(cc(Cl)cc3[N+](=O)[O-])C3C=CCC32)cc1. The number of aryl methyl sites for hydroxylation is 1. The van der Waals surface area contributed by atoms with E-state index in [1.807, 2.05) is 6.07 Å². The van der Waals surface area contributed by atoms with Gasteiger partial charge in [0.05, 0.1) is 11.0 Å². The molecule has 3 atom stereocenters. The van der Waals surface area contributed by atoms with E-state index in [0.717, 1.165) is 17.5 Å². The van der Waals surface area contributed by atoms with E-state index in [-0.39, 0.29) is 22.6 Å². The summed E-state index contributed by atoms with van der Waals surface area (Å²) in [7, 11) is 0. The van der Waals surface area contributed by atoms with Crippen molar-refractivity contribution >= 4 is 23.0 Å². The molecule has 1 N–H and O–H groups in total. The van der Waals surface area contributed by atoms with Crippen molar-refractivity contribution in [2.75, 3.05) is 5.32 Å². The summed E-state index contributed by atoms with van der Waals surface area (Å²) in [5.74, 6) is 0.503. The maximum Gasteiger partial charge on any atom is 0.294 e. The average molecular weight is 341 g/mol. The molecular formula is C19H17ClN2O2. The fraction of sp³-hybridized carbons (Fsp3) is 0.263. The van der Waals surface area contributed by atoms with Crippen LogP contribution >= 0.6 is 11.6 Å². The van der Waals surface area contributed by atoms with E-state index >= 15 is 0 Å². The summed E-state index contributed by atoms with van der Waals surface area (Å²) in [5, 5.41) is 15.3. The Hall–Kier alpha value is -2.33. The van der Waals surface area contributed by atoms with E-state index < -0.39 is 0 Å². The fourth-order valence-electron chi connectivity index (χ4n) is 3.89. The highest BCUT2D eigenvalue weighted by molar-refractivity contribution is 6.31. The molecule has 0 bridgehead atoms. The topological polar surface area (TPSA) is 55.2 Å². The number of hydrogen-bond donors (Lipinski definition) is 1. The maximum atomic E-state index is 11.5. The third-order valence-corrected chi connectivity index (χ3v) is 5.26. The lowest BCUT2D eigenvalue weighted by molar-refractivity contribution is -0.384. The van der Waals surface area contributed by atoms with Gasteiger partial charge in [0.1, 0.15) is 5.69 Å². The first-order chi connectivity index (χ1) is 11.5. The number of nitro groups is 1. The van der Waals surface area contributed by atoms with Gasteiger partial charge in [-0.15, -0.1) is 0 Å². The Kier molecular flexibility index (Phi) is 3.57. The van der Waals surface area contributed by atoms with Gasteiger partial charge in [-0.2, -0.15) is 0 Å². The highest BCUT2D eigenvalue weighted by atomic mass is 35.5. The van der Waals surface area contributed by atoms with Crippen molar-refractivity contribution < 1.29 is 4.92 Å². The number of anilines is 1. The zero-order chi connectivity index (χ0) is 16.8. The van der Waals surface area contributed by atoms with Crippen LogP contribution in [0.25, 0.3) is 0 Å². The van der Waals surface area contributed by atoms with Crippen LogP contribution in [0.2, 0.25) is 5.02 Å². The van der Waals surface area contributed by atoms with Crippen molar-refractivity contribution in [3.8, 4) is 0 Å². The molecule has 0 spiro atoms. The molecule has 3 unspecified atom stereocenters. The van der Waals surface area contributed by atoms with Crippen LogP contribution < -0.4 is 5.32 Å². The molecule has 1 aliphatic carbocycles. The van der Waals surface area contributed by atoms with E-state index in [9.17, 15) is 10.1 Å². The molecule has 0 amide bonds. The number of rotatable bonds is 2. The molecule has 0 fully saturated rings. The Morgan fingerprint density at radius 1 is 1.25 bits per heavy atom. The van der Waals surface area contributed by atoms with E-state index in [1.54, 1.807) is 0 Å². The smallest absolute Gasteiger partial charge is 0.294 e. The van der Waals surface area contributed by atoms with Crippen LogP contribution in [0.3, 0.4) is 0 Å². The summed E-state index contributed by atoms with van der Waals surface area (Å²) < 4.78 is 0.